The molecule has 4 rings (SSSR count). The molecule has 0 radical (unpaired) electrons. The van der Waals surface area contributed by atoms with Crippen molar-refractivity contribution in [3.8, 4) is 28.8 Å². The van der Waals surface area contributed by atoms with E-state index in [4.69, 9.17) is 24.2 Å². The van der Waals surface area contributed by atoms with Crippen molar-refractivity contribution in [3.63, 3.8) is 0 Å². The molecular weight excluding hydrogens is 372 g/mol. The normalized spacial score (nSPS) is 17.7. The van der Waals surface area contributed by atoms with E-state index in [2.05, 4.69) is 6.92 Å². The van der Waals surface area contributed by atoms with Gasteiger partial charge >= 0.3 is 0 Å². The highest BCUT2D eigenvalue weighted by Crippen LogP contribution is 2.37. The van der Waals surface area contributed by atoms with Gasteiger partial charge in [-0.2, -0.15) is 5.26 Å². The van der Waals surface area contributed by atoms with Crippen LogP contribution in [-0.2, 0) is 28.9 Å². The number of aromatic nitrogens is 1. The molecule has 1 atom stereocenters. The summed E-state index contributed by atoms with van der Waals surface area (Å²) in [7, 11) is 0. The molecule has 1 saturated heterocycles. The Bertz CT molecular complexity index is 986. The molecule has 29 heavy (non-hydrogen) atoms. The molecule has 2 aliphatic rings. The number of hydrogen-bond donors (Lipinski definition) is 0. The van der Waals surface area contributed by atoms with Crippen molar-refractivity contribution in [2.24, 2.45) is 0 Å². The molecule has 1 aromatic heterocycles. The van der Waals surface area contributed by atoms with E-state index in [1.54, 1.807) is 6.07 Å². The van der Waals surface area contributed by atoms with Gasteiger partial charge in [-0.15, -0.1) is 0 Å². The second kappa shape index (κ2) is 8.68. The van der Waals surface area contributed by atoms with Crippen molar-refractivity contribution in [1.29, 1.82) is 5.26 Å². The zero-order valence-electron chi connectivity index (χ0n) is 16.5. The van der Waals surface area contributed by atoms with Crippen molar-refractivity contribution in [2.75, 3.05) is 33.0 Å². The number of pyridine rings is 1. The van der Waals surface area contributed by atoms with Gasteiger partial charge in [0.2, 0.25) is 0 Å². The summed E-state index contributed by atoms with van der Waals surface area (Å²) in [6.07, 6.45) is 1.35. The summed E-state index contributed by atoms with van der Waals surface area (Å²) in [5, 5.41) is 8.73. The monoisotopic (exact) mass is 396 g/mol. The SMILES string of the molecule is CCc1c(OC[C@@H]2COCCO2)cc(=O)n2c1-c1ccc(OCC#N)cc1CC2. The second-order valence-electron chi connectivity index (χ2n) is 7.07. The van der Waals surface area contributed by atoms with Gasteiger partial charge in [0, 0.05) is 23.7 Å². The summed E-state index contributed by atoms with van der Waals surface area (Å²) >= 11 is 0. The van der Waals surface area contributed by atoms with E-state index in [9.17, 15) is 4.79 Å². The number of fused-ring (bicyclic) bond motifs is 3. The molecule has 7 heteroatoms. The van der Waals surface area contributed by atoms with Crippen molar-refractivity contribution < 1.29 is 18.9 Å². The number of benzene rings is 1. The summed E-state index contributed by atoms with van der Waals surface area (Å²) in [6, 6.07) is 9.34. The lowest BCUT2D eigenvalue weighted by Gasteiger charge is -2.27. The Morgan fingerprint density at radius 2 is 2.17 bits per heavy atom. The van der Waals surface area contributed by atoms with Crippen LogP contribution < -0.4 is 15.0 Å². The number of aryl methyl sites for hydroxylation is 1. The fraction of sp³-hybridized carbons (Fsp3) is 0.455. The van der Waals surface area contributed by atoms with Crippen LogP contribution in [0.4, 0.5) is 0 Å². The molecular formula is C22H24N2O5. The lowest BCUT2D eigenvalue weighted by molar-refractivity contribution is -0.101. The van der Waals surface area contributed by atoms with Crippen LogP contribution in [0.15, 0.2) is 29.1 Å². The molecule has 3 heterocycles. The first kappa shape index (κ1) is 19.5. The van der Waals surface area contributed by atoms with Gasteiger partial charge in [-0.25, -0.2) is 0 Å². The third kappa shape index (κ3) is 4.00. The van der Waals surface area contributed by atoms with E-state index in [0.29, 0.717) is 44.5 Å². The van der Waals surface area contributed by atoms with Crippen molar-refractivity contribution in [1.82, 2.24) is 4.57 Å². The van der Waals surface area contributed by atoms with Gasteiger partial charge in [0.05, 0.1) is 25.5 Å². The highest BCUT2D eigenvalue weighted by atomic mass is 16.6. The van der Waals surface area contributed by atoms with Gasteiger partial charge in [-0.1, -0.05) is 6.92 Å². The van der Waals surface area contributed by atoms with E-state index in [0.717, 1.165) is 35.2 Å². The Morgan fingerprint density at radius 1 is 1.28 bits per heavy atom. The molecule has 0 unspecified atom stereocenters. The summed E-state index contributed by atoms with van der Waals surface area (Å²) < 4.78 is 24.4. The van der Waals surface area contributed by atoms with Gasteiger partial charge in [0.15, 0.2) is 6.61 Å². The molecule has 2 aromatic rings. The van der Waals surface area contributed by atoms with E-state index >= 15 is 0 Å². The summed E-state index contributed by atoms with van der Waals surface area (Å²) in [5.74, 6) is 1.27. The number of ether oxygens (including phenoxy) is 4. The first-order chi connectivity index (χ1) is 14.2. The molecule has 7 nitrogen and oxygen atoms in total. The van der Waals surface area contributed by atoms with Gasteiger partial charge < -0.3 is 23.5 Å². The molecule has 0 amide bonds. The van der Waals surface area contributed by atoms with Gasteiger partial charge in [-0.05, 0) is 36.6 Å². The van der Waals surface area contributed by atoms with Crippen molar-refractivity contribution >= 4 is 0 Å². The van der Waals surface area contributed by atoms with E-state index in [1.165, 1.54) is 0 Å². The molecule has 1 fully saturated rings. The first-order valence-corrected chi connectivity index (χ1v) is 9.93. The number of nitriles is 1. The molecule has 0 aliphatic carbocycles. The van der Waals surface area contributed by atoms with Gasteiger partial charge in [-0.3, -0.25) is 4.79 Å². The Kier molecular flexibility index (Phi) is 5.84. The van der Waals surface area contributed by atoms with Crippen molar-refractivity contribution in [2.45, 2.75) is 32.4 Å². The lowest BCUT2D eigenvalue weighted by atomic mass is 9.93. The number of nitrogens with zero attached hydrogens (tertiary/aromatic N) is 2. The third-order valence-electron chi connectivity index (χ3n) is 5.28. The largest absolute Gasteiger partial charge is 0.490 e. The van der Waals surface area contributed by atoms with Crippen LogP contribution in [0.5, 0.6) is 11.5 Å². The van der Waals surface area contributed by atoms with Crippen LogP contribution in [0.3, 0.4) is 0 Å². The number of rotatable bonds is 6. The molecule has 0 N–H and O–H groups in total. The quantitative estimate of drug-likeness (QED) is 0.745. The molecule has 2 aliphatic heterocycles. The Labute approximate surface area is 169 Å². The van der Waals surface area contributed by atoms with Crippen LogP contribution in [0, 0.1) is 11.3 Å². The Morgan fingerprint density at radius 3 is 2.93 bits per heavy atom. The van der Waals surface area contributed by atoms with Gasteiger partial charge in [0.1, 0.15) is 30.3 Å². The van der Waals surface area contributed by atoms with Crippen LogP contribution in [0.2, 0.25) is 0 Å². The van der Waals surface area contributed by atoms with Crippen LogP contribution >= 0.6 is 0 Å². The highest BCUT2D eigenvalue weighted by Gasteiger charge is 2.24. The standard InChI is InChI=1S/C22H24N2O5/c1-2-18-20(29-14-17-13-26-9-10-28-17)12-21(25)24-7-5-15-11-16(27-8-6-23)3-4-19(15)22(18)24/h3-4,11-12,17H,2,5,7-10,13-14H2,1H3/t17-/m0/s1. The van der Waals surface area contributed by atoms with Gasteiger partial charge in [0.25, 0.3) is 5.56 Å². The maximum absolute atomic E-state index is 12.8. The fourth-order valence-corrected chi connectivity index (χ4v) is 3.93. The van der Waals surface area contributed by atoms with Crippen molar-refractivity contribution in [3.05, 3.63) is 45.7 Å². The minimum atomic E-state index is -0.126. The predicted molar refractivity (Wildman–Crippen MR) is 106 cm³/mol. The zero-order chi connectivity index (χ0) is 20.2. The minimum absolute atomic E-state index is 0.0139. The zero-order valence-corrected chi connectivity index (χ0v) is 16.5. The lowest BCUT2D eigenvalue weighted by Crippen LogP contribution is -2.34. The average molecular weight is 396 g/mol. The van der Waals surface area contributed by atoms with Crippen LogP contribution in [0.1, 0.15) is 18.1 Å². The average Bonchev–Trinajstić information content (AvgIpc) is 2.76. The fourth-order valence-electron chi connectivity index (χ4n) is 3.93. The van der Waals surface area contributed by atoms with E-state index in [-0.39, 0.29) is 18.3 Å². The maximum atomic E-state index is 12.8. The molecule has 152 valence electrons. The summed E-state index contributed by atoms with van der Waals surface area (Å²) in [5.41, 5.74) is 3.97. The Balaban J connectivity index is 1.68. The molecule has 0 bridgehead atoms. The topological polar surface area (TPSA) is 82.7 Å². The summed E-state index contributed by atoms with van der Waals surface area (Å²) in [6.45, 7) is 4.70. The molecule has 0 saturated carbocycles. The molecule has 0 spiro atoms. The third-order valence-corrected chi connectivity index (χ3v) is 5.28. The van der Waals surface area contributed by atoms with E-state index in [1.807, 2.05) is 28.8 Å². The smallest absolute Gasteiger partial charge is 0.254 e. The minimum Gasteiger partial charge on any atom is -0.490 e. The maximum Gasteiger partial charge on any atom is 0.254 e. The number of hydrogen-bond acceptors (Lipinski definition) is 6. The first-order valence-electron chi connectivity index (χ1n) is 9.93. The second-order valence-corrected chi connectivity index (χ2v) is 7.07. The van der Waals surface area contributed by atoms with E-state index < -0.39 is 0 Å². The van der Waals surface area contributed by atoms with Crippen LogP contribution in [-0.4, -0.2) is 43.7 Å². The Hall–Kier alpha value is -2.82. The molecule has 1 aromatic carbocycles. The summed E-state index contributed by atoms with van der Waals surface area (Å²) in [4.78, 5) is 12.8. The predicted octanol–water partition coefficient (Wildman–Crippen LogP) is 2.33. The van der Waals surface area contributed by atoms with Crippen LogP contribution in [0.25, 0.3) is 11.3 Å². The highest BCUT2D eigenvalue weighted by molar-refractivity contribution is 5.72.